The molecule has 2 amide bonds. The summed E-state index contributed by atoms with van der Waals surface area (Å²) in [5.41, 5.74) is -0.556. The van der Waals surface area contributed by atoms with Gasteiger partial charge in [0.15, 0.2) is 14.1 Å². The van der Waals surface area contributed by atoms with E-state index in [1.807, 2.05) is 20.8 Å². The molecular weight excluding hydrogens is 400 g/mol. The Morgan fingerprint density at radius 2 is 1.67 bits per heavy atom. The van der Waals surface area contributed by atoms with Crippen molar-refractivity contribution in [3.05, 3.63) is 0 Å². The van der Waals surface area contributed by atoms with Gasteiger partial charge in [-0.05, 0) is 65.1 Å². The van der Waals surface area contributed by atoms with Crippen molar-refractivity contribution in [2.75, 3.05) is 6.54 Å². The van der Waals surface area contributed by atoms with Crippen molar-refractivity contribution < 1.29 is 23.5 Å². The Labute approximate surface area is 183 Å². The molecule has 0 spiro atoms. The summed E-state index contributed by atoms with van der Waals surface area (Å²) < 4.78 is 11.4. The second-order valence-corrected chi connectivity index (χ2v) is 15.7. The topological polar surface area (TPSA) is 93.7 Å². The van der Waals surface area contributed by atoms with Crippen LogP contribution in [0.15, 0.2) is 0 Å². The summed E-state index contributed by atoms with van der Waals surface area (Å²) >= 11 is 0. The van der Waals surface area contributed by atoms with E-state index >= 15 is 0 Å². The lowest BCUT2D eigenvalue weighted by Gasteiger charge is -2.38. The SMILES string of the molecule is C[C@@H](O[Si](C)(C)C(C)(C)C)C(=O)CNC(=O)C1CCCC(NC(=O)OC(C)(C)C)C1. The maximum Gasteiger partial charge on any atom is 0.407 e. The van der Waals surface area contributed by atoms with Gasteiger partial charge in [0.05, 0.1) is 6.54 Å². The Balaban J connectivity index is 2.50. The minimum absolute atomic E-state index is 0.0169. The van der Waals surface area contributed by atoms with E-state index in [0.29, 0.717) is 6.42 Å². The molecule has 0 aliphatic heterocycles. The van der Waals surface area contributed by atoms with Gasteiger partial charge in [-0.1, -0.05) is 27.2 Å². The molecular formula is C22H42N2O5Si. The summed E-state index contributed by atoms with van der Waals surface area (Å²) in [6.45, 7) is 17.8. The van der Waals surface area contributed by atoms with Crippen LogP contribution in [0.5, 0.6) is 0 Å². The molecule has 2 unspecified atom stereocenters. The van der Waals surface area contributed by atoms with Crippen LogP contribution in [-0.2, 0) is 18.8 Å². The van der Waals surface area contributed by atoms with E-state index in [9.17, 15) is 14.4 Å². The monoisotopic (exact) mass is 442 g/mol. The van der Waals surface area contributed by atoms with E-state index in [0.717, 1.165) is 19.3 Å². The highest BCUT2D eigenvalue weighted by molar-refractivity contribution is 6.74. The normalized spacial score (nSPS) is 21.5. The van der Waals surface area contributed by atoms with Crippen LogP contribution in [0.2, 0.25) is 18.1 Å². The molecule has 3 atom stereocenters. The molecule has 174 valence electrons. The Morgan fingerprint density at radius 3 is 2.20 bits per heavy atom. The Morgan fingerprint density at radius 1 is 1.07 bits per heavy atom. The molecule has 1 aliphatic rings. The fraction of sp³-hybridized carbons (Fsp3) is 0.864. The van der Waals surface area contributed by atoms with Crippen molar-refractivity contribution in [2.45, 2.75) is 110 Å². The molecule has 0 aromatic heterocycles. The van der Waals surface area contributed by atoms with Crippen LogP contribution < -0.4 is 10.6 Å². The van der Waals surface area contributed by atoms with E-state index in [2.05, 4.69) is 44.5 Å². The standard InChI is InChI=1S/C22H42N2O5Si/c1-15(29-30(8,9)22(5,6)7)18(25)14-23-19(26)16-11-10-12-17(13-16)24-20(27)28-21(2,3)4/h15-17H,10-14H2,1-9H3,(H,23,26)(H,24,27)/t15-,16?,17?/m1/s1. The third-order valence-electron chi connectivity index (χ3n) is 5.93. The van der Waals surface area contributed by atoms with E-state index in [1.54, 1.807) is 6.92 Å². The summed E-state index contributed by atoms with van der Waals surface area (Å²) in [5.74, 6) is -0.478. The minimum Gasteiger partial charge on any atom is -0.444 e. The fourth-order valence-corrected chi connectivity index (χ4v) is 4.55. The smallest absolute Gasteiger partial charge is 0.407 e. The van der Waals surface area contributed by atoms with Gasteiger partial charge in [-0.15, -0.1) is 0 Å². The van der Waals surface area contributed by atoms with Crippen LogP contribution in [0.25, 0.3) is 0 Å². The first kappa shape index (κ1) is 26.6. The number of rotatable bonds is 7. The highest BCUT2D eigenvalue weighted by atomic mass is 28.4. The van der Waals surface area contributed by atoms with Gasteiger partial charge < -0.3 is 19.8 Å². The predicted octanol–water partition coefficient (Wildman–Crippen LogP) is 4.17. The number of amides is 2. The van der Waals surface area contributed by atoms with Crippen LogP contribution in [0, 0.1) is 5.92 Å². The van der Waals surface area contributed by atoms with Crippen LogP contribution >= 0.6 is 0 Å². The maximum atomic E-state index is 12.6. The van der Waals surface area contributed by atoms with E-state index in [-0.39, 0.29) is 35.2 Å². The van der Waals surface area contributed by atoms with Crippen LogP contribution in [0.1, 0.15) is 74.1 Å². The number of nitrogens with one attached hydrogen (secondary N) is 2. The summed E-state index contributed by atoms with van der Waals surface area (Å²) in [4.78, 5) is 37.1. The molecule has 30 heavy (non-hydrogen) atoms. The van der Waals surface area contributed by atoms with Crippen molar-refractivity contribution in [1.29, 1.82) is 0 Å². The van der Waals surface area contributed by atoms with E-state index in [4.69, 9.17) is 9.16 Å². The average molecular weight is 443 g/mol. The second kappa shape index (κ2) is 10.3. The molecule has 0 aromatic carbocycles. The second-order valence-electron chi connectivity index (χ2n) is 10.9. The minimum atomic E-state index is -2.05. The lowest BCUT2D eigenvalue weighted by Crippen LogP contribution is -2.48. The fourth-order valence-electron chi connectivity index (χ4n) is 3.18. The van der Waals surface area contributed by atoms with Crippen LogP contribution in [0.4, 0.5) is 4.79 Å². The van der Waals surface area contributed by atoms with Gasteiger partial charge in [-0.2, -0.15) is 0 Å². The molecule has 1 fully saturated rings. The van der Waals surface area contributed by atoms with Crippen molar-refractivity contribution in [3.8, 4) is 0 Å². The zero-order valence-corrected chi connectivity index (χ0v) is 21.3. The first-order valence-corrected chi connectivity index (χ1v) is 13.9. The van der Waals surface area contributed by atoms with Crippen LogP contribution in [-0.4, -0.2) is 50.4 Å². The maximum absolute atomic E-state index is 12.6. The Hall–Kier alpha value is -1.41. The van der Waals surface area contributed by atoms with Crippen LogP contribution in [0.3, 0.4) is 0 Å². The molecule has 0 bridgehead atoms. The highest BCUT2D eigenvalue weighted by Gasteiger charge is 2.39. The van der Waals surface area contributed by atoms with Crippen molar-refractivity contribution in [1.82, 2.24) is 10.6 Å². The molecule has 1 rings (SSSR count). The molecule has 8 heteroatoms. The molecule has 0 aromatic rings. The van der Waals surface area contributed by atoms with Gasteiger partial charge in [0.25, 0.3) is 0 Å². The molecule has 7 nitrogen and oxygen atoms in total. The number of ether oxygens (including phenoxy) is 1. The predicted molar refractivity (Wildman–Crippen MR) is 121 cm³/mol. The van der Waals surface area contributed by atoms with Gasteiger partial charge in [0.1, 0.15) is 11.7 Å². The molecule has 0 heterocycles. The number of ketones is 1. The number of alkyl carbamates (subject to hydrolysis) is 1. The van der Waals surface area contributed by atoms with Gasteiger partial charge >= 0.3 is 6.09 Å². The summed E-state index contributed by atoms with van der Waals surface area (Å²) in [5, 5.41) is 5.65. The van der Waals surface area contributed by atoms with E-state index < -0.39 is 26.1 Å². The van der Waals surface area contributed by atoms with Gasteiger partial charge in [0, 0.05) is 12.0 Å². The number of Topliss-reactive ketones (excluding diaryl/α,β-unsaturated/α-hetero) is 1. The number of carbonyl (C=O) groups excluding carboxylic acids is 3. The highest BCUT2D eigenvalue weighted by Crippen LogP contribution is 2.37. The Kier molecular flexibility index (Phi) is 9.11. The molecule has 1 saturated carbocycles. The first-order chi connectivity index (χ1) is 13.5. The van der Waals surface area contributed by atoms with Crippen molar-refractivity contribution >= 4 is 26.1 Å². The third kappa shape index (κ3) is 8.76. The van der Waals surface area contributed by atoms with Gasteiger partial charge in [-0.3, -0.25) is 9.59 Å². The number of hydrogen-bond acceptors (Lipinski definition) is 5. The van der Waals surface area contributed by atoms with Crippen molar-refractivity contribution in [3.63, 3.8) is 0 Å². The Bertz CT molecular complexity index is 622. The van der Waals surface area contributed by atoms with Gasteiger partial charge in [0.2, 0.25) is 5.91 Å². The summed E-state index contributed by atoms with van der Waals surface area (Å²) in [6.07, 6.45) is 1.97. The molecule has 0 saturated heterocycles. The lowest BCUT2D eigenvalue weighted by molar-refractivity contribution is -0.131. The lowest BCUT2D eigenvalue weighted by atomic mass is 9.85. The quantitative estimate of drug-likeness (QED) is 0.577. The zero-order chi connectivity index (χ0) is 23.3. The average Bonchev–Trinajstić information content (AvgIpc) is 2.56. The first-order valence-electron chi connectivity index (χ1n) is 11.0. The third-order valence-corrected chi connectivity index (χ3v) is 10.5. The summed E-state index contributed by atoms with van der Waals surface area (Å²) in [7, 11) is -2.05. The number of hydrogen-bond donors (Lipinski definition) is 2. The van der Waals surface area contributed by atoms with E-state index in [1.165, 1.54) is 0 Å². The summed E-state index contributed by atoms with van der Waals surface area (Å²) in [6, 6.07) is -0.0964. The van der Waals surface area contributed by atoms with Crippen molar-refractivity contribution in [2.24, 2.45) is 5.92 Å². The molecule has 0 radical (unpaired) electrons. The number of carbonyl (C=O) groups is 3. The largest absolute Gasteiger partial charge is 0.444 e. The zero-order valence-electron chi connectivity index (χ0n) is 20.3. The molecule has 2 N–H and O–H groups in total. The molecule has 1 aliphatic carbocycles. The van der Waals surface area contributed by atoms with Gasteiger partial charge in [-0.25, -0.2) is 4.79 Å².